The fraction of sp³-hybridized carbons (Fsp3) is 0.667. The average Bonchev–Trinajstić information content (AvgIpc) is 2.71. The standard InChI is InChI=1S/C12H19N3O4S/c1-8-11(7-13-15(8)2)20(18,19)14-10-5-3-9(4-6-10)12(16)17/h7,9-10,14H,3-6H2,1-2H3,(H,16,17). The third-order valence-corrected chi connectivity index (χ3v) is 5.50. The second-order valence-electron chi connectivity index (χ2n) is 5.23. The number of nitrogens with zero attached hydrogens (tertiary/aromatic N) is 2. The van der Waals surface area contributed by atoms with Crippen molar-refractivity contribution in [1.82, 2.24) is 14.5 Å². The Kier molecular flexibility index (Phi) is 4.14. The number of rotatable bonds is 4. The fourth-order valence-electron chi connectivity index (χ4n) is 2.48. The van der Waals surface area contributed by atoms with Crippen LogP contribution in [-0.2, 0) is 21.9 Å². The van der Waals surface area contributed by atoms with Crippen LogP contribution in [0.5, 0.6) is 0 Å². The minimum Gasteiger partial charge on any atom is -0.481 e. The largest absolute Gasteiger partial charge is 0.481 e. The first kappa shape index (κ1) is 15.0. The SMILES string of the molecule is Cc1c(S(=O)(=O)NC2CCC(C(=O)O)CC2)cnn1C. The lowest BCUT2D eigenvalue weighted by atomic mass is 9.87. The van der Waals surface area contributed by atoms with Crippen molar-refractivity contribution < 1.29 is 18.3 Å². The highest BCUT2D eigenvalue weighted by molar-refractivity contribution is 7.89. The van der Waals surface area contributed by atoms with Gasteiger partial charge in [0.15, 0.2) is 0 Å². The van der Waals surface area contributed by atoms with Gasteiger partial charge >= 0.3 is 5.97 Å². The number of nitrogens with one attached hydrogen (secondary N) is 1. The van der Waals surface area contributed by atoms with Gasteiger partial charge in [-0.2, -0.15) is 5.10 Å². The molecule has 1 heterocycles. The summed E-state index contributed by atoms with van der Waals surface area (Å²) >= 11 is 0. The zero-order valence-corrected chi connectivity index (χ0v) is 12.4. The van der Waals surface area contributed by atoms with Crippen LogP contribution < -0.4 is 4.72 Å². The first-order valence-electron chi connectivity index (χ1n) is 6.55. The molecule has 2 rings (SSSR count). The first-order chi connectivity index (χ1) is 9.31. The van der Waals surface area contributed by atoms with E-state index in [0.717, 1.165) is 0 Å². The van der Waals surface area contributed by atoms with Crippen molar-refractivity contribution in [3.63, 3.8) is 0 Å². The molecule has 20 heavy (non-hydrogen) atoms. The van der Waals surface area contributed by atoms with Gasteiger partial charge in [0.2, 0.25) is 10.0 Å². The van der Waals surface area contributed by atoms with E-state index in [1.807, 2.05) is 0 Å². The van der Waals surface area contributed by atoms with E-state index in [-0.39, 0.29) is 16.9 Å². The topological polar surface area (TPSA) is 101 Å². The van der Waals surface area contributed by atoms with Gasteiger partial charge in [0.25, 0.3) is 0 Å². The summed E-state index contributed by atoms with van der Waals surface area (Å²) in [6, 6.07) is -0.199. The van der Waals surface area contributed by atoms with Crippen LogP contribution >= 0.6 is 0 Å². The molecule has 7 nitrogen and oxygen atoms in total. The predicted molar refractivity (Wildman–Crippen MR) is 71.6 cm³/mol. The lowest BCUT2D eigenvalue weighted by Gasteiger charge is -2.26. The van der Waals surface area contributed by atoms with Gasteiger partial charge in [0.1, 0.15) is 4.90 Å². The molecule has 0 aliphatic heterocycles. The Morgan fingerprint density at radius 3 is 2.45 bits per heavy atom. The lowest BCUT2D eigenvalue weighted by Crippen LogP contribution is -2.38. The highest BCUT2D eigenvalue weighted by atomic mass is 32.2. The third-order valence-electron chi connectivity index (χ3n) is 3.88. The molecule has 0 bridgehead atoms. The summed E-state index contributed by atoms with van der Waals surface area (Å²) in [6.45, 7) is 1.70. The van der Waals surface area contributed by atoms with Crippen LogP contribution in [-0.4, -0.2) is 35.3 Å². The van der Waals surface area contributed by atoms with Crippen molar-refractivity contribution >= 4 is 16.0 Å². The third kappa shape index (κ3) is 3.01. The quantitative estimate of drug-likeness (QED) is 0.850. The highest BCUT2D eigenvalue weighted by Gasteiger charge is 2.30. The molecule has 0 aromatic carbocycles. The number of carbonyl (C=O) groups is 1. The highest BCUT2D eigenvalue weighted by Crippen LogP contribution is 2.26. The molecule has 1 fully saturated rings. The molecule has 112 valence electrons. The van der Waals surface area contributed by atoms with E-state index in [1.54, 1.807) is 14.0 Å². The monoisotopic (exact) mass is 301 g/mol. The fourth-order valence-corrected chi connectivity index (χ4v) is 3.99. The van der Waals surface area contributed by atoms with Crippen molar-refractivity contribution in [1.29, 1.82) is 0 Å². The van der Waals surface area contributed by atoms with Crippen molar-refractivity contribution in [2.75, 3.05) is 0 Å². The number of hydrogen-bond donors (Lipinski definition) is 2. The maximum atomic E-state index is 12.3. The lowest BCUT2D eigenvalue weighted by molar-refractivity contribution is -0.142. The smallest absolute Gasteiger partial charge is 0.306 e. The van der Waals surface area contributed by atoms with Crippen LogP contribution in [0.25, 0.3) is 0 Å². The maximum Gasteiger partial charge on any atom is 0.306 e. The molecule has 0 spiro atoms. The molecule has 1 saturated carbocycles. The Balaban J connectivity index is 2.04. The Hall–Kier alpha value is -1.41. The van der Waals surface area contributed by atoms with Gasteiger partial charge in [0, 0.05) is 13.1 Å². The number of carboxylic acids is 1. The van der Waals surface area contributed by atoms with Crippen LogP contribution in [0, 0.1) is 12.8 Å². The number of carboxylic acid groups (broad SMARTS) is 1. The maximum absolute atomic E-state index is 12.3. The summed E-state index contributed by atoms with van der Waals surface area (Å²) in [7, 11) is -1.90. The summed E-state index contributed by atoms with van der Waals surface area (Å²) in [5.74, 6) is -1.15. The summed E-state index contributed by atoms with van der Waals surface area (Å²) in [5, 5.41) is 12.9. The molecule has 0 radical (unpaired) electrons. The zero-order valence-electron chi connectivity index (χ0n) is 11.5. The van der Waals surface area contributed by atoms with Gasteiger partial charge < -0.3 is 5.11 Å². The van der Waals surface area contributed by atoms with E-state index in [0.29, 0.717) is 31.4 Å². The Bertz CT molecular complexity index is 600. The van der Waals surface area contributed by atoms with E-state index in [2.05, 4.69) is 9.82 Å². The summed E-state index contributed by atoms with van der Waals surface area (Å²) < 4.78 is 28.7. The minimum atomic E-state index is -3.59. The Morgan fingerprint density at radius 1 is 1.40 bits per heavy atom. The van der Waals surface area contributed by atoms with Gasteiger partial charge in [0.05, 0.1) is 17.8 Å². The molecule has 2 N–H and O–H groups in total. The van der Waals surface area contributed by atoms with Gasteiger partial charge in [-0.15, -0.1) is 0 Å². The normalized spacial score (nSPS) is 23.7. The molecule has 1 aliphatic carbocycles. The second kappa shape index (κ2) is 5.53. The molecule has 0 saturated heterocycles. The molecule has 8 heteroatoms. The van der Waals surface area contributed by atoms with Gasteiger partial charge in [-0.1, -0.05) is 0 Å². The van der Waals surface area contributed by atoms with Crippen LogP contribution in [0.2, 0.25) is 0 Å². The molecule has 1 aromatic rings. The van der Waals surface area contributed by atoms with E-state index in [1.165, 1.54) is 10.9 Å². The van der Waals surface area contributed by atoms with Crippen molar-refractivity contribution in [3.8, 4) is 0 Å². The summed E-state index contributed by atoms with van der Waals surface area (Å²) in [4.78, 5) is 11.0. The van der Waals surface area contributed by atoms with Crippen molar-refractivity contribution in [3.05, 3.63) is 11.9 Å². The number of aryl methyl sites for hydroxylation is 1. The van der Waals surface area contributed by atoms with Gasteiger partial charge in [-0.05, 0) is 32.6 Å². The van der Waals surface area contributed by atoms with E-state index in [9.17, 15) is 13.2 Å². The van der Waals surface area contributed by atoms with Gasteiger partial charge in [-0.25, -0.2) is 13.1 Å². The van der Waals surface area contributed by atoms with E-state index in [4.69, 9.17) is 5.11 Å². The van der Waals surface area contributed by atoms with Crippen LogP contribution in [0.3, 0.4) is 0 Å². The van der Waals surface area contributed by atoms with Crippen LogP contribution in [0.1, 0.15) is 31.4 Å². The molecular formula is C12H19N3O4S. The van der Waals surface area contributed by atoms with E-state index >= 15 is 0 Å². The molecule has 1 aliphatic rings. The number of hydrogen-bond acceptors (Lipinski definition) is 4. The molecule has 1 aromatic heterocycles. The van der Waals surface area contributed by atoms with Crippen LogP contribution in [0.15, 0.2) is 11.1 Å². The minimum absolute atomic E-state index is 0.181. The number of aromatic nitrogens is 2. The molecule has 0 atom stereocenters. The zero-order chi connectivity index (χ0) is 14.9. The average molecular weight is 301 g/mol. The molecule has 0 amide bonds. The van der Waals surface area contributed by atoms with Crippen molar-refractivity contribution in [2.45, 2.75) is 43.5 Å². The number of sulfonamides is 1. The number of aliphatic carboxylic acids is 1. The summed E-state index contributed by atoms with van der Waals surface area (Å²) in [5.41, 5.74) is 0.580. The van der Waals surface area contributed by atoms with Crippen molar-refractivity contribution in [2.24, 2.45) is 13.0 Å². The first-order valence-corrected chi connectivity index (χ1v) is 8.03. The molecule has 0 unspecified atom stereocenters. The van der Waals surface area contributed by atoms with Gasteiger partial charge in [-0.3, -0.25) is 9.48 Å². The predicted octanol–water partition coefficient (Wildman–Crippen LogP) is 0.650. The Morgan fingerprint density at radius 2 is 2.00 bits per heavy atom. The molecular weight excluding hydrogens is 282 g/mol. The van der Waals surface area contributed by atoms with Crippen LogP contribution in [0.4, 0.5) is 0 Å². The Labute approximate surface area is 118 Å². The summed E-state index contributed by atoms with van der Waals surface area (Å²) in [6.07, 6.45) is 3.45. The second-order valence-corrected chi connectivity index (χ2v) is 6.91. The van der Waals surface area contributed by atoms with E-state index < -0.39 is 16.0 Å².